The summed E-state index contributed by atoms with van der Waals surface area (Å²) >= 11 is 4.80. The average Bonchev–Trinajstić information content (AvgIpc) is 3.69. The van der Waals surface area contributed by atoms with Gasteiger partial charge < -0.3 is 15.0 Å². The first-order valence-electron chi connectivity index (χ1n) is 14.2. The van der Waals surface area contributed by atoms with Crippen LogP contribution in [0, 0.1) is 0 Å². The number of hydrogen-bond donors (Lipinski definition) is 2. The van der Waals surface area contributed by atoms with Crippen molar-refractivity contribution in [1.82, 2.24) is 28.9 Å². The Morgan fingerprint density at radius 3 is 2.70 bits per heavy atom. The van der Waals surface area contributed by atoms with Crippen molar-refractivity contribution < 1.29 is 13.2 Å². The van der Waals surface area contributed by atoms with Crippen molar-refractivity contribution in [1.29, 1.82) is 0 Å². The Hall–Kier alpha value is -3.11. The fourth-order valence-corrected chi connectivity index (χ4v) is 8.73. The van der Waals surface area contributed by atoms with Crippen LogP contribution in [0.15, 0.2) is 81.5 Å². The Morgan fingerprint density at radius 2 is 1.91 bits per heavy atom. The SMILES string of the molecule is CN(C)CCNS(=O)(=O)N1CCC(c2csc(Nc3ncc(Sc4ccnc5ccsc45)cc3Oc3ccccc3)n2)CC1. The van der Waals surface area contributed by atoms with Crippen LogP contribution in [0.3, 0.4) is 0 Å². The maximum Gasteiger partial charge on any atom is 0.279 e. The molecule has 4 aromatic heterocycles. The first kappa shape index (κ1) is 30.9. The zero-order chi connectivity index (χ0) is 30.5. The first-order chi connectivity index (χ1) is 21.3. The highest BCUT2D eigenvalue weighted by Crippen LogP contribution is 2.40. The van der Waals surface area contributed by atoms with Crippen LogP contribution in [0.5, 0.6) is 11.5 Å². The molecular formula is C30H33N7O3S4. The van der Waals surface area contributed by atoms with Crippen LogP contribution in [0.4, 0.5) is 10.9 Å². The molecule has 14 heteroatoms. The molecule has 10 nitrogen and oxygen atoms in total. The van der Waals surface area contributed by atoms with Gasteiger partial charge >= 0.3 is 0 Å². The number of pyridine rings is 2. The minimum absolute atomic E-state index is 0.191. The van der Waals surface area contributed by atoms with Crippen molar-refractivity contribution in [2.45, 2.75) is 28.6 Å². The van der Waals surface area contributed by atoms with Crippen molar-refractivity contribution in [3.05, 3.63) is 77.4 Å². The molecule has 5 aromatic rings. The maximum atomic E-state index is 12.7. The van der Waals surface area contributed by atoms with Crippen LogP contribution < -0.4 is 14.8 Å². The van der Waals surface area contributed by atoms with Gasteiger partial charge in [0.15, 0.2) is 16.7 Å². The summed E-state index contributed by atoms with van der Waals surface area (Å²) in [6.07, 6.45) is 5.10. The smallest absolute Gasteiger partial charge is 0.279 e. The van der Waals surface area contributed by atoms with Crippen LogP contribution in [0.1, 0.15) is 24.5 Å². The molecule has 0 unspecified atom stereocenters. The molecule has 0 spiro atoms. The number of nitrogens with one attached hydrogen (secondary N) is 2. The lowest BCUT2D eigenvalue weighted by molar-refractivity contribution is 0.312. The number of aromatic nitrogens is 3. The largest absolute Gasteiger partial charge is 0.453 e. The molecule has 1 aromatic carbocycles. The van der Waals surface area contributed by atoms with Crippen molar-refractivity contribution in [3.63, 3.8) is 0 Å². The molecule has 0 aliphatic carbocycles. The second-order valence-electron chi connectivity index (χ2n) is 10.6. The maximum absolute atomic E-state index is 12.7. The molecule has 5 heterocycles. The van der Waals surface area contributed by atoms with Crippen molar-refractivity contribution in [2.24, 2.45) is 0 Å². The Labute approximate surface area is 269 Å². The van der Waals surface area contributed by atoms with E-state index in [4.69, 9.17) is 14.7 Å². The Morgan fingerprint density at radius 1 is 1.09 bits per heavy atom. The molecule has 1 aliphatic heterocycles. The fourth-order valence-electron chi connectivity index (χ4n) is 4.84. The third-order valence-corrected chi connectivity index (χ3v) is 11.6. The van der Waals surface area contributed by atoms with Gasteiger partial charge in [-0.1, -0.05) is 30.0 Å². The van der Waals surface area contributed by atoms with E-state index < -0.39 is 10.2 Å². The van der Waals surface area contributed by atoms with E-state index in [1.54, 1.807) is 23.1 Å². The van der Waals surface area contributed by atoms with Gasteiger partial charge in [0.25, 0.3) is 10.2 Å². The number of anilines is 2. The number of para-hydroxylation sites is 1. The Bertz CT molecular complexity index is 1800. The summed E-state index contributed by atoms with van der Waals surface area (Å²) in [5.74, 6) is 2.06. The number of fused-ring (bicyclic) bond motifs is 1. The van der Waals surface area contributed by atoms with E-state index in [1.165, 1.54) is 15.6 Å². The Kier molecular flexibility index (Phi) is 9.76. The lowest BCUT2D eigenvalue weighted by atomic mass is 9.95. The summed E-state index contributed by atoms with van der Waals surface area (Å²) in [5, 5.41) is 8.17. The minimum atomic E-state index is -3.48. The zero-order valence-corrected chi connectivity index (χ0v) is 27.6. The standard InChI is InChI=1S/C30H33N7O3S4/c1-36(2)16-13-33-44(38,39)37-14-9-21(10-15-37)25-20-42-30(34-25)35-29-26(40-22-6-4-3-5-7-22)18-23(19-32-29)43-27-8-12-31-24-11-17-41-28(24)27/h3-8,11-12,17-21,33H,9-10,13-16H2,1-2H3,(H,32,34,35). The summed E-state index contributed by atoms with van der Waals surface area (Å²) in [7, 11) is 0.359. The lowest BCUT2D eigenvalue weighted by Gasteiger charge is -2.30. The highest BCUT2D eigenvalue weighted by Gasteiger charge is 2.29. The fraction of sp³-hybridized carbons (Fsp3) is 0.300. The number of ether oxygens (including phenoxy) is 1. The van der Waals surface area contributed by atoms with Gasteiger partial charge in [0, 0.05) is 65.7 Å². The second kappa shape index (κ2) is 13.9. The van der Waals surface area contributed by atoms with E-state index in [-0.39, 0.29) is 5.92 Å². The summed E-state index contributed by atoms with van der Waals surface area (Å²) in [4.78, 5) is 18.1. The summed E-state index contributed by atoms with van der Waals surface area (Å²) in [5.41, 5.74) is 1.95. The highest BCUT2D eigenvalue weighted by molar-refractivity contribution is 7.99. The Balaban J connectivity index is 1.15. The molecule has 1 aliphatic rings. The molecule has 0 radical (unpaired) electrons. The van der Waals surface area contributed by atoms with Gasteiger partial charge in [-0.3, -0.25) is 4.98 Å². The van der Waals surface area contributed by atoms with Gasteiger partial charge in [-0.2, -0.15) is 12.7 Å². The monoisotopic (exact) mass is 667 g/mol. The third-order valence-electron chi connectivity index (χ3n) is 7.14. The average molecular weight is 668 g/mol. The molecule has 230 valence electrons. The van der Waals surface area contributed by atoms with E-state index in [9.17, 15) is 8.42 Å². The minimum Gasteiger partial charge on any atom is -0.453 e. The highest BCUT2D eigenvalue weighted by atomic mass is 32.2. The van der Waals surface area contributed by atoms with Gasteiger partial charge in [0.05, 0.1) is 15.9 Å². The van der Waals surface area contributed by atoms with Gasteiger partial charge in [0.1, 0.15) is 5.75 Å². The van der Waals surface area contributed by atoms with Crippen molar-refractivity contribution in [3.8, 4) is 11.5 Å². The molecule has 6 rings (SSSR count). The summed E-state index contributed by atoms with van der Waals surface area (Å²) in [6.45, 7) is 1.98. The molecule has 0 amide bonds. The van der Waals surface area contributed by atoms with Gasteiger partial charge in [-0.05, 0) is 56.6 Å². The topological polar surface area (TPSA) is 113 Å². The number of thiophene rings is 1. The third kappa shape index (κ3) is 7.57. The quantitative estimate of drug-likeness (QED) is 0.156. The molecule has 2 N–H and O–H groups in total. The van der Waals surface area contributed by atoms with Crippen molar-refractivity contribution in [2.75, 3.05) is 45.6 Å². The molecule has 0 bridgehead atoms. The predicted octanol–water partition coefficient (Wildman–Crippen LogP) is 6.41. The molecule has 1 fully saturated rings. The van der Waals surface area contributed by atoms with Crippen molar-refractivity contribution >= 4 is 65.8 Å². The van der Waals surface area contributed by atoms with Crippen LogP contribution in [-0.4, -0.2) is 72.8 Å². The molecule has 44 heavy (non-hydrogen) atoms. The zero-order valence-electron chi connectivity index (χ0n) is 24.3. The number of rotatable bonds is 12. The number of likely N-dealkylation sites (N-methyl/N-ethyl adjacent to an activating group) is 1. The van der Waals surface area contributed by atoms with Gasteiger partial charge in [-0.25, -0.2) is 14.7 Å². The first-order valence-corrected chi connectivity index (χ1v) is 18.2. The van der Waals surface area contributed by atoms with E-state index >= 15 is 0 Å². The number of nitrogens with zero attached hydrogens (tertiary/aromatic N) is 5. The van der Waals surface area contributed by atoms with E-state index in [1.807, 2.05) is 85.3 Å². The van der Waals surface area contributed by atoms with Crippen LogP contribution in [0.25, 0.3) is 10.2 Å². The van der Waals surface area contributed by atoms with Crippen LogP contribution >= 0.6 is 34.4 Å². The number of hydrogen-bond acceptors (Lipinski definition) is 11. The lowest BCUT2D eigenvalue weighted by Crippen LogP contribution is -2.46. The van der Waals surface area contributed by atoms with Gasteiger partial charge in [-0.15, -0.1) is 22.7 Å². The summed E-state index contributed by atoms with van der Waals surface area (Å²) in [6, 6.07) is 15.7. The number of piperidine rings is 1. The molecule has 0 saturated carbocycles. The number of thiazole rings is 1. The van der Waals surface area contributed by atoms with E-state index in [0.29, 0.717) is 48.6 Å². The second-order valence-corrected chi connectivity index (χ2v) is 15.2. The number of benzene rings is 1. The van der Waals surface area contributed by atoms with E-state index in [0.717, 1.165) is 38.5 Å². The summed E-state index contributed by atoms with van der Waals surface area (Å²) < 4.78 is 37.1. The predicted molar refractivity (Wildman–Crippen MR) is 179 cm³/mol. The van der Waals surface area contributed by atoms with Crippen LogP contribution in [0.2, 0.25) is 0 Å². The molecule has 1 saturated heterocycles. The van der Waals surface area contributed by atoms with Crippen LogP contribution in [-0.2, 0) is 10.2 Å². The van der Waals surface area contributed by atoms with Gasteiger partial charge in [0.2, 0.25) is 0 Å². The normalized spacial score (nSPS) is 14.8. The molecular weight excluding hydrogens is 635 g/mol. The van der Waals surface area contributed by atoms with E-state index in [2.05, 4.69) is 20.4 Å². The molecule has 0 atom stereocenters.